The normalized spacial score (nSPS) is 15.2. The first kappa shape index (κ1) is 18.4. The zero-order valence-electron chi connectivity index (χ0n) is 14.8. The number of aromatic hydroxyl groups is 1. The van der Waals surface area contributed by atoms with Gasteiger partial charge in [-0.15, -0.1) is 0 Å². The first-order chi connectivity index (χ1) is 12.6. The smallest absolute Gasteiger partial charge is 0.289 e. The summed E-state index contributed by atoms with van der Waals surface area (Å²) >= 11 is 0. The van der Waals surface area contributed by atoms with Crippen LogP contribution in [0.25, 0.3) is 11.0 Å². The maximum absolute atomic E-state index is 12.5. The predicted octanol–water partition coefficient (Wildman–Crippen LogP) is 2.98. The van der Waals surface area contributed by atoms with Gasteiger partial charge in [0.15, 0.2) is 11.5 Å². The molecule has 0 spiro atoms. The van der Waals surface area contributed by atoms with E-state index in [1.165, 1.54) is 25.7 Å². The highest BCUT2D eigenvalue weighted by atomic mass is 16.6. The van der Waals surface area contributed by atoms with Gasteiger partial charge < -0.3 is 28.8 Å². The van der Waals surface area contributed by atoms with E-state index in [0.717, 1.165) is 25.7 Å². The molecule has 7 nitrogen and oxygen atoms in total. The van der Waals surface area contributed by atoms with E-state index in [9.17, 15) is 9.90 Å². The second kappa shape index (κ2) is 8.31. The number of ether oxygens (including phenoxy) is 3. The zero-order valence-corrected chi connectivity index (χ0v) is 14.8. The number of phenols is 1. The van der Waals surface area contributed by atoms with Crippen LogP contribution < -0.4 is 19.6 Å². The summed E-state index contributed by atoms with van der Waals surface area (Å²) in [5.74, 6) is 0.106. The van der Waals surface area contributed by atoms with Crippen molar-refractivity contribution in [2.45, 2.75) is 44.6 Å². The molecule has 0 unspecified atom stereocenters. The molecule has 142 valence electrons. The van der Waals surface area contributed by atoms with E-state index < -0.39 is 5.43 Å². The third-order valence-electron chi connectivity index (χ3n) is 4.49. The van der Waals surface area contributed by atoms with Gasteiger partial charge in [0.2, 0.25) is 11.2 Å². The Bertz CT molecular complexity index is 806. The molecule has 1 heterocycles. The highest BCUT2D eigenvalue weighted by molar-refractivity contribution is 5.88. The van der Waals surface area contributed by atoms with Crippen LogP contribution >= 0.6 is 0 Å². The molecule has 0 saturated heterocycles. The summed E-state index contributed by atoms with van der Waals surface area (Å²) in [5, 5.41) is 19.3. The van der Waals surface area contributed by atoms with Gasteiger partial charge >= 0.3 is 0 Å². The van der Waals surface area contributed by atoms with Crippen molar-refractivity contribution in [1.82, 2.24) is 0 Å². The molecule has 3 rings (SSSR count). The lowest BCUT2D eigenvalue weighted by Gasteiger charge is -2.22. The van der Waals surface area contributed by atoms with Crippen LogP contribution in [0.3, 0.4) is 0 Å². The molecule has 1 saturated carbocycles. The number of rotatable bonds is 7. The van der Waals surface area contributed by atoms with Crippen LogP contribution in [0, 0.1) is 0 Å². The lowest BCUT2D eigenvalue weighted by Crippen LogP contribution is -2.20. The number of benzene rings is 1. The van der Waals surface area contributed by atoms with E-state index in [4.69, 9.17) is 23.7 Å². The fourth-order valence-corrected chi connectivity index (χ4v) is 3.20. The van der Waals surface area contributed by atoms with Gasteiger partial charge in [0.25, 0.3) is 5.95 Å². The third kappa shape index (κ3) is 3.88. The number of aliphatic hydroxyl groups excluding tert-OH is 1. The molecule has 2 aromatic rings. The van der Waals surface area contributed by atoms with Gasteiger partial charge in [-0.25, -0.2) is 0 Å². The van der Waals surface area contributed by atoms with E-state index in [2.05, 4.69) is 0 Å². The monoisotopic (exact) mass is 364 g/mol. The molecule has 1 aromatic heterocycles. The first-order valence-corrected chi connectivity index (χ1v) is 8.92. The Morgan fingerprint density at radius 3 is 2.69 bits per heavy atom. The van der Waals surface area contributed by atoms with Crippen molar-refractivity contribution in [3.8, 4) is 23.2 Å². The number of aliphatic hydroxyl groups is 1. The topological polar surface area (TPSA) is 98.4 Å². The molecule has 1 aliphatic rings. The second-order valence-electron chi connectivity index (χ2n) is 6.36. The highest BCUT2D eigenvalue weighted by Gasteiger charge is 2.21. The van der Waals surface area contributed by atoms with E-state index >= 15 is 0 Å². The lowest BCUT2D eigenvalue weighted by atomic mass is 9.98. The van der Waals surface area contributed by atoms with Gasteiger partial charge in [-0.3, -0.25) is 4.79 Å². The van der Waals surface area contributed by atoms with Crippen LogP contribution in [0.4, 0.5) is 0 Å². The van der Waals surface area contributed by atoms with Crippen molar-refractivity contribution < 1.29 is 28.8 Å². The summed E-state index contributed by atoms with van der Waals surface area (Å²) in [6.07, 6.45) is 5.74. The van der Waals surface area contributed by atoms with Crippen LogP contribution in [0.1, 0.15) is 38.5 Å². The van der Waals surface area contributed by atoms with Crippen molar-refractivity contribution in [2.75, 3.05) is 20.3 Å². The van der Waals surface area contributed by atoms with E-state index in [0.29, 0.717) is 6.42 Å². The van der Waals surface area contributed by atoms with Crippen molar-refractivity contribution in [2.24, 2.45) is 0 Å². The van der Waals surface area contributed by atoms with E-state index in [1.807, 2.05) is 0 Å². The molecule has 0 aliphatic heterocycles. The Labute approximate surface area is 151 Å². The summed E-state index contributed by atoms with van der Waals surface area (Å²) in [4.78, 5) is 12.5. The molecule has 2 N–H and O–H groups in total. The number of hydrogen-bond donors (Lipinski definition) is 2. The third-order valence-corrected chi connectivity index (χ3v) is 4.49. The van der Waals surface area contributed by atoms with E-state index in [1.54, 1.807) is 0 Å². The molecule has 1 aliphatic carbocycles. The molecular formula is C19H24O7. The zero-order chi connectivity index (χ0) is 18.5. The van der Waals surface area contributed by atoms with Gasteiger partial charge in [-0.1, -0.05) is 6.42 Å². The maximum Gasteiger partial charge on any atom is 0.289 e. The molecule has 0 radical (unpaired) electrons. The van der Waals surface area contributed by atoms with Crippen LogP contribution in [0.15, 0.2) is 21.3 Å². The molecule has 1 aromatic carbocycles. The summed E-state index contributed by atoms with van der Waals surface area (Å²) in [6, 6.07) is 2.75. The highest BCUT2D eigenvalue weighted by Crippen LogP contribution is 2.42. The SMILES string of the molecule is COc1c(OCCCO)cc2oc(OC3CCCCC3)cc(=O)c2c1O. The molecule has 26 heavy (non-hydrogen) atoms. The fraction of sp³-hybridized carbons (Fsp3) is 0.526. The van der Waals surface area contributed by atoms with Crippen molar-refractivity contribution in [3.05, 3.63) is 22.4 Å². The number of hydrogen-bond acceptors (Lipinski definition) is 7. The van der Waals surface area contributed by atoms with Gasteiger partial charge in [0, 0.05) is 19.1 Å². The van der Waals surface area contributed by atoms with Crippen LogP contribution in [0.5, 0.6) is 23.2 Å². The quantitative estimate of drug-likeness (QED) is 0.729. The Kier molecular flexibility index (Phi) is 5.88. The number of methoxy groups -OCH3 is 1. The standard InChI is InChI=1S/C19H24O7/c1-23-19-15(24-9-5-8-20)11-14-17(18(19)22)13(21)10-16(26-14)25-12-6-3-2-4-7-12/h10-12,20,22H,2-9H2,1H3. The van der Waals surface area contributed by atoms with Gasteiger partial charge in [-0.05, 0) is 25.7 Å². The largest absolute Gasteiger partial charge is 0.504 e. The van der Waals surface area contributed by atoms with Crippen LogP contribution in [-0.2, 0) is 0 Å². The molecule has 0 amide bonds. The first-order valence-electron chi connectivity index (χ1n) is 8.92. The van der Waals surface area contributed by atoms with Crippen molar-refractivity contribution in [3.63, 3.8) is 0 Å². The minimum absolute atomic E-state index is 0.0175. The van der Waals surface area contributed by atoms with Gasteiger partial charge in [0.05, 0.1) is 19.8 Å². The Balaban J connectivity index is 1.97. The summed E-state index contributed by atoms with van der Waals surface area (Å²) < 4.78 is 22.2. The second-order valence-corrected chi connectivity index (χ2v) is 6.36. The minimum Gasteiger partial charge on any atom is -0.504 e. The Morgan fingerprint density at radius 2 is 2.00 bits per heavy atom. The molecule has 7 heteroatoms. The average molecular weight is 364 g/mol. The molecular weight excluding hydrogens is 340 g/mol. The van der Waals surface area contributed by atoms with Crippen molar-refractivity contribution >= 4 is 11.0 Å². The molecule has 0 atom stereocenters. The predicted molar refractivity (Wildman–Crippen MR) is 95.4 cm³/mol. The lowest BCUT2D eigenvalue weighted by molar-refractivity contribution is 0.121. The van der Waals surface area contributed by atoms with Gasteiger partial charge in [-0.2, -0.15) is 0 Å². The molecule has 1 fully saturated rings. The fourth-order valence-electron chi connectivity index (χ4n) is 3.20. The number of fused-ring (bicyclic) bond motifs is 1. The van der Waals surface area contributed by atoms with Gasteiger partial charge in [0.1, 0.15) is 17.1 Å². The van der Waals surface area contributed by atoms with Crippen LogP contribution in [-0.4, -0.2) is 36.6 Å². The summed E-state index contributed by atoms with van der Waals surface area (Å²) in [7, 11) is 1.38. The number of phenolic OH excluding ortho intramolecular Hbond substituents is 1. The minimum atomic E-state index is -0.408. The summed E-state index contributed by atoms with van der Waals surface area (Å²) in [5.41, 5.74) is -0.240. The summed E-state index contributed by atoms with van der Waals surface area (Å²) in [6.45, 7) is 0.219. The molecule has 0 bridgehead atoms. The van der Waals surface area contributed by atoms with E-state index in [-0.39, 0.29) is 53.5 Å². The maximum atomic E-state index is 12.5. The Morgan fingerprint density at radius 1 is 1.23 bits per heavy atom. The Hall–Kier alpha value is -2.41. The average Bonchev–Trinajstić information content (AvgIpc) is 2.62. The van der Waals surface area contributed by atoms with Crippen LogP contribution in [0.2, 0.25) is 0 Å². The van der Waals surface area contributed by atoms with Crippen molar-refractivity contribution in [1.29, 1.82) is 0 Å².